The molecule has 0 bridgehead atoms. The summed E-state index contributed by atoms with van der Waals surface area (Å²) in [6.07, 6.45) is 0.624. The third kappa shape index (κ3) is 3.77. The van der Waals surface area contributed by atoms with E-state index in [1.807, 2.05) is 38.1 Å². The molecule has 6 heteroatoms. The van der Waals surface area contributed by atoms with Crippen molar-refractivity contribution < 1.29 is 23.8 Å². The van der Waals surface area contributed by atoms with Gasteiger partial charge in [0, 0.05) is 18.4 Å². The van der Waals surface area contributed by atoms with Crippen LogP contribution in [0.2, 0.25) is 0 Å². The number of rotatable bonds is 4. The molecule has 0 fully saturated rings. The molecule has 2 N–H and O–H groups in total. The minimum atomic E-state index is -0.645. The van der Waals surface area contributed by atoms with Crippen LogP contribution < -0.4 is 10.5 Å². The van der Waals surface area contributed by atoms with Crippen LogP contribution in [0.15, 0.2) is 47.1 Å². The number of Topliss-reactive ketones (excluding diaryl/α,β-unsaturated/α-hetero) is 1. The zero-order valence-electron chi connectivity index (χ0n) is 17.0. The Labute approximate surface area is 165 Å². The average molecular weight is 385 g/mol. The molecule has 0 saturated carbocycles. The molecule has 0 spiro atoms. The number of hydrogen-bond donors (Lipinski definition) is 1. The van der Waals surface area contributed by atoms with Gasteiger partial charge >= 0.3 is 5.97 Å². The number of methoxy groups -OCH3 is 1. The first-order valence-corrected chi connectivity index (χ1v) is 9.41. The van der Waals surface area contributed by atoms with E-state index in [2.05, 4.69) is 0 Å². The van der Waals surface area contributed by atoms with Gasteiger partial charge in [-0.05, 0) is 37.0 Å². The lowest BCUT2D eigenvalue weighted by Crippen LogP contribution is -2.36. The molecule has 3 rings (SSSR count). The average Bonchev–Trinajstić information content (AvgIpc) is 2.58. The second-order valence-electron chi connectivity index (χ2n) is 8.32. The zero-order chi connectivity index (χ0) is 20.6. The molecule has 0 amide bonds. The number of ketones is 1. The van der Waals surface area contributed by atoms with E-state index in [9.17, 15) is 9.59 Å². The molecule has 1 aliphatic heterocycles. The summed E-state index contributed by atoms with van der Waals surface area (Å²) >= 11 is 0. The monoisotopic (exact) mass is 385 g/mol. The summed E-state index contributed by atoms with van der Waals surface area (Å²) in [5, 5.41) is 0. The minimum absolute atomic E-state index is 0.0114. The van der Waals surface area contributed by atoms with Crippen molar-refractivity contribution in [2.75, 3.05) is 7.11 Å². The number of allylic oxidation sites excluding steroid dienone is 2. The van der Waals surface area contributed by atoms with Gasteiger partial charge in [0.15, 0.2) is 5.78 Å². The quantitative estimate of drug-likeness (QED) is 0.797. The second-order valence-corrected chi connectivity index (χ2v) is 8.32. The fourth-order valence-electron chi connectivity index (χ4n) is 3.82. The highest BCUT2D eigenvalue weighted by atomic mass is 16.5. The SMILES string of the molecule is COc1cccc(C2C(C(=O)OC(C)C)=C(N)OC3=C2C(=O)CC(C)(C)C3)c1. The molecule has 1 atom stereocenters. The number of hydrogen-bond acceptors (Lipinski definition) is 6. The molecule has 6 nitrogen and oxygen atoms in total. The summed E-state index contributed by atoms with van der Waals surface area (Å²) < 4.78 is 16.5. The van der Waals surface area contributed by atoms with Gasteiger partial charge in [-0.25, -0.2) is 4.79 Å². The van der Waals surface area contributed by atoms with E-state index >= 15 is 0 Å². The Morgan fingerprint density at radius 1 is 1.29 bits per heavy atom. The smallest absolute Gasteiger partial charge is 0.340 e. The fraction of sp³-hybridized carbons (Fsp3) is 0.455. The maximum absolute atomic E-state index is 13.1. The number of benzene rings is 1. The van der Waals surface area contributed by atoms with Gasteiger partial charge < -0.3 is 19.9 Å². The normalized spacial score (nSPS) is 21.4. The van der Waals surface area contributed by atoms with Crippen molar-refractivity contribution in [2.24, 2.45) is 11.1 Å². The van der Waals surface area contributed by atoms with E-state index in [0.717, 1.165) is 5.56 Å². The largest absolute Gasteiger partial charge is 0.497 e. The lowest BCUT2D eigenvalue weighted by Gasteiger charge is -2.38. The van der Waals surface area contributed by atoms with Crippen molar-refractivity contribution in [1.82, 2.24) is 0 Å². The molecule has 0 saturated heterocycles. The van der Waals surface area contributed by atoms with Crippen LogP contribution in [0.3, 0.4) is 0 Å². The summed E-state index contributed by atoms with van der Waals surface area (Å²) in [5.74, 6) is -0.111. The van der Waals surface area contributed by atoms with Crippen LogP contribution in [-0.2, 0) is 19.1 Å². The van der Waals surface area contributed by atoms with Crippen molar-refractivity contribution in [2.45, 2.75) is 52.6 Å². The maximum Gasteiger partial charge on any atom is 0.340 e. The Bertz CT molecular complexity index is 879. The first-order valence-electron chi connectivity index (χ1n) is 9.41. The topological polar surface area (TPSA) is 87.8 Å². The van der Waals surface area contributed by atoms with E-state index in [1.54, 1.807) is 21.0 Å². The van der Waals surface area contributed by atoms with Crippen LogP contribution in [0.4, 0.5) is 0 Å². The lowest BCUT2D eigenvalue weighted by molar-refractivity contribution is -0.143. The molecular weight excluding hydrogens is 358 g/mol. The third-order valence-corrected chi connectivity index (χ3v) is 4.94. The predicted octanol–water partition coefficient (Wildman–Crippen LogP) is 3.57. The van der Waals surface area contributed by atoms with E-state index < -0.39 is 11.9 Å². The first kappa shape index (κ1) is 20.0. The Morgan fingerprint density at radius 2 is 2.00 bits per heavy atom. The number of nitrogens with two attached hydrogens (primary N) is 1. The Balaban J connectivity index is 2.17. The first-order chi connectivity index (χ1) is 13.1. The zero-order valence-corrected chi connectivity index (χ0v) is 17.0. The number of carbonyl (C=O) groups is 2. The van der Waals surface area contributed by atoms with E-state index in [1.165, 1.54) is 0 Å². The summed E-state index contributed by atoms with van der Waals surface area (Å²) in [6.45, 7) is 7.55. The summed E-state index contributed by atoms with van der Waals surface area (Å²) in [7, 11) is 1.57. The number of carbonyl (C=O) groups excluding carboxylic acids is 2. The van der Waals surface area contributed by atoms with Crippen LogP contribution in [0.1, 0.15) is 52.0 Å². The summed E-state index contributed by atoms with van der Waals surface area (Å²) in [5.41, 5.74) is 7.33. The highest BCUT2D eigenvalue weighted by Crippen LogP contribution is 2.48. The van der Waals surface area contributed by atoms with Crippen LogP contribution >= 0.6 is 0 Å². The molecule has 0 radical (unpaired) electrons. The van der Waals surface area contributed by atoms with E-state index in [-0.39, 0.29) is 28.8 Å². The fourth-order valence-corrected chi connectivity index (χ4v) is 3.82. The van der Waals surface area contributed by atoms with Crippen molar-refractivity contribution in [3.63, 3.8) is 0 Å². The standard InChI is InChI=1S/C22H27NO5/c1-12(2)27-21(25)19-17(13-7-6-8-14(9-13)26-5)18-15(24)10-22(3,4)11-16(18)28-20(19)23/h6-9,12,17H,10-11,23H2,1-5H3. The van der Waals surface area contributed by atoms with Crippen molar-refractivity contribution in [1.29, 1.82) is 0 Å². The molecule has 150 valence electrons. The van der Waals surface area contributed by atoms with E-state index in [4.69, 9.17) is 19.9 Å². The van der Waals surface area contributed by atoms with Crippen molar-refractivity contribution in [3.8, 4) is 5.75 Å². The van der Waals surface area contributed by atoms with Crippen LogP contribution in [0.25, 0.3) is 0 Å². The molecule has 0 aromatic heterocycles. The van der Waals surface area contributed by atoms with Crippen LogP contribution in [0, 0.1) is 5.41 Å². The predicted molar refractivity (Wildman–Crippen MR) is 104 cm³/mol. The Hall–Kier alpha value is -2.76. The van der Waals surface area contributed by atoms with E-state index in [0.29, 0.717) is 29.9 Å². The molecule has 1 unspecified atom stereocenters. The summed E-state index contributed by atoms with van der Waals surface area (Å²) in [4.78, 5) is 26.0. The van der Waals surface area contributed by atoms with Gasteiger partial charge in [-0.15, -0.1) is 0 Å². The summed E-state index contributed by atoms with van der Waals surface area (Å²) in [6, 6.07) is 7.29. The molecule has 1 aromatic carbocycles. The molecule has 28 heavy (non-hydrogen) atoms. The van der Waals surface area contributed by atoms with Gasteiger partial charge in [-0.1, -0.05) is 26.0 Å². The highest BCUT2D eigenvalue weighted by Gasteiger charge is 2.45. The Kier molecular flexibility index (Phi) is 5.24. The van der Waals surface area contributed by atoms with Gasteiger partial charge in [-0.3, -0.25) is 4.79 Å². The lowest BCUT2D eigenvalue weighted by atomic mass is 9.70. The molecule has 1 heterocycles. The van der Waals surface area contributed by atoms with Crippen LogP contribution in [-0.4, -0.2) is 25.0 Å². The second kappa shape index (κ2) is 7.34. The van der Waals surface area contributed by atoms with Gasteiger partial charge in [0.1, 0.15) is 17.1 Å². The number of esters is 1. The van der Waals surface area contributed by atoms with Crippen molar-refractivity contribution >= 4 is 11.8 Å². The van der Waals surface area contributed by atoms with Crippen LogP contribution in [0.5, 0.6) is 5.75 Å². The van der Waals surface area contributed by atoms with Gasteiger partial charge in [0.05, 0.1) is 19.1 Å². The Morgan fingerprint density at radius 3 is 2.64 bits per heavy atom. The van der Waals surface area contributed by atoms with Gasteiger partial charge in [0.25, 0.3) is 0 Å². The van der Waals surface area contributed by atoms with Crippen molar-refractivity contribution in [3.05, 3.63) is 52.6 Å². The molecular formula is C22H27NO5. The maximum atomic E-state index is 13.1. The minimum Gasteiger partial charge on any atom is -0.497 e. The third-order valence-electron chi connectivity index (χ3n) is 4.94. The highest BCUT2D eigenvalue weighted by molar-refractivity contribution is 6.03. The van der Waals surface area contributed by atoms with Gasteiger partial charge in [0.2, 0.25) is 5.88 Å². The molecule has 2 aliphatic rings. The molecule has 1 aromatic rings. The number of ether oxygens (including phenoxy) is 3. The van der Waals surface area contributed by atoms with Gasteiger partial charge in [-0.2, -0.15) is 0 Å². The molecule has 1 aliphatic carbocycles.